The number of ketones is 1. The zero-order valence-corrected chi connectivity index (χ0v) is 15.3. The Kier molecular flexibility index (Phi) is 5.47. The molecule has 1 aromatic carbocycles. The monoisotopic (exact) mass is 383 g/mol. The number of benzene rings is 1. The molecule has 0 aliphatic carbocycles. The van der Waals surface area contributed by atoms with Crippen molar-refractivity contribution in [2.24, 2.45) is 5.92 Å². The summed E-state index contributed by atoms with van der Waals surface area (Å²) in [5.41, 5.74) is 0. The second-order valence-electron chi connectivity index (χ2n) is 6.29. The van der Waals surface area contributed by atoms with Crippen LogP contribution >= 0.6 is 0 Å². The third-order valence-electron chi connectivity index (χ3n) is 4.36. The van der Waals surface area contributed by atoms with E-state index in [0.29, 0.717) is 37.6 Å². The fourth-order valence-electron chi connectivity index (χ4n) is 2.96. The number of esters is 1. The van der Waals surface area contributed by atoms with E-state index in [0.717, 1.165) is 0 Å². The molecule has 142 valence electrons. The summed E-state index contributed by atoms with van der Waals surface area (Å²) in [6.07, 6.45) is 0.723. The summed E-state index contributed by atoms with van der Waals surface area (Å²) in [5.74, 6) is -0.114. The number of hydrogen-bond donors (Lipinski definition) is 0. The Morgan fingerprint density at radius 3 is 2.46 bits per heavy atom. The second kappa shape index (κ2) is 7.63. The van der Waals surface area contributed by atoms with Gasteiger partial charge in [0.05, 0.1) is 10.8 Å². The van der Waals surface area contributed by atoms with E-state index in [1.165, 1.54) is 23.4 Å². The number of fused-ring (bicyclic) bond motifs is 1. The van der Waals surface area contributed by atoms with Crippen LogP contribution < -0.4 is 9.47 Å². The number of hydrogen-bond acceptors (Lipinski definition) is 7. The zero-order chi connectivity index (χ0) is 18.7. The Morgan fingerprint density at radius 2 is 1.81 bits per heavy atom. The zero-order valence-electron chi connectivity index (χ0n) is 14.5. The molecule has 26 heavy (non-hydrogen) atoms. The molecule has 0 spiro atoms. The van der Waals surface area contributed by atoms with E-state index >= 15 is 0 Å². The summed E-state index contributed by atoms with van der Waals surface area (Å²) in [6.45, 7) is 2.36. The maximum absolute atomic E-state index is 12.8. The van der Waals surface area contributed by atoms with Crippen molar-refractivity contribution >= 4 is 21.8 Å². The summed E-state index contributed by atoms with van der Waals surface area (Å²) in [7, 11) is -3.68. The van der Waals surface area contributed by atoms with E-state index in [-0.39, 0.29) is 36.3 Å². The highest BCUT2D eigenvalue weighted by Gasteiger charge is 2.33. The van der Waals surface area contributed by atoms with Crippen LogP contribution in [0.4, 0.5) is 0 Å². The largest absolute Gasteiger partial charge is 0.486 e. The van der Waals surface area contributed by atoms with Gasteiger partial charge >= 0.3 is 5.97 Å². The predicted molar refractivity (Wildman–Crippen MR) is 90.6 cm³/mol. The van der Waals surface area contributed by atoms with E-state index < -0.39 is 16.0 Å². The van der Waals surface area contributed by atoms with Gasteiger partial charge in [-0.1, -0.05) is 0 Å². The summed E-state index contributed by atoms with van der Waals surface area (Å²) in [6, 6.07) is 4.56. The molecule has 8 nitrogen and oxygen atoms in total. The van der Waals surface area contributed by atoms with Crippen LogP contribution in [0.5, 0.6) is 11.5 Å². The Bertz CT molecular complexity index is 797. The predicted octanol–water partition coefficient (Wildman–Crippen LogP) is 0.991. The number of piperidine rings is 1. The normalized spacial score (nSPS) is 18.3. The third kappa shape index (κ3) is 3.99. The molecule has 3 rings (SSSR count). The van der Waals surface area contributed by atoms with Gasteiger partial charge in [-0.25, -0.2) is 8.42 Å². The van der Waals surface area contributed by atoms with E-state index in [1.54, 1.807) is 6.07 Å². The quantitative estimate of drug-likeness (QED) is 0.699. The molecule has 0 bridgehead atoms. The first-order valence-electron chi connectivity index (χ1n) is 8.44. The van der Waals surface area contributed by atoms with Gasteiger partial charge in [0, 0.05) is 19.2 Å². The number of sulfonamides is 1. The van der Waals surface area contributed by atoms with Gasteiger partial charge in [0.2, 0.25) is 10.0 Å². The van der Waals surface area contributed by atoms with Crippen LogP contribution in [0.15, 0.2) is 23.1 Å². The van der Waals surface area contributed by atoms with Gasteiger partial charge in [-0.2, -0.15) is 4.31 Å². The number of rotatable bonds is 5. The molecule has 2 heterocycles. The van der Waals surface area contributed by atoms with E-state index in [9.17, 15) is 18.0 Å². The molecule has 2 aliphatic heterocycles. The molecule has 0 radical (unpaired) electrons. The number of carbonyl (C=O) groups excluding carboxylic acids is 2. The van der Waals surface area contributed by atoms with Gasteiger partial charge in [-0.05, 0) is 31.9 Å². The molecule has 0 atom stereocenters. The highest BCUT2D eigenvalue weighted by Crippen LogP contribution is 2.34. The summed E-state index contributed by atoms with van der Waals surface area (Å²) in [4.78, 5) is 22.9. The maximum atomic E-state index is 12.8. The third-order valence-corrected chi connectivity index (χ3v) is 6.25. The maximum Gasteiger partial charge on any atom is 0.309 e. The molecule has 1 saturated heterocycles. The van der Waals surface area contributed by atoms with Crippen LogP contribution in [0.2, 0.25) is 0 Å². The van der Waals surface area contributed by atoms with Crippen molar-refractivity contribution in [2.75, 3.05) is 32.9 Å². The lowest BCUT2D eigenvalue weighted by atomic mass is 9.98. The number of Topliss-reactive ketones (excluding diaryl/α,β-unsaturated/α-hetero) is 1. The molecule has 0 saturated carbocycles. The standard InChI is InChI=1S/C17H21NO7S/c1-12(19)11-25-17(20)13-4-6-18(7-5-13)26(21,22)14-2-3-15-16(10-14)24-9-8-23-15/h2-3,10,13H,4-9,11H2,1H3. The van der Waals surface area contributed by atoms with Crippen molar-refractivity contribution in [2.45, 2.75) is 24.7 Å². The summed E-state index contributed by atoms with van der Waals surface area (Å²) in [5, 5.41) is 0. The fourth-order valence-corrected chi connectivity index (χ4v) is 4.44. The minimum absolute atomic E-state index is 0.138. The molecule has 1 aromatic rings. The van der Waals surface area contributed by atoms with Gasteiger partial charge in [0.15, 0.2) is 17.3 Å². The van der Waals surface area contributed by atoms with E-state index in [4.69, 9.17) is 14.2 Å². The Balaban J connectivity index is 1.65. The van der Waals surface area contributed by atoms with Gasteiger partial charge in [0.25, 0.3) is 0 Å². The fraction of sp³-hybridized carbons (Fsp3) is 0.529. The van der Waals surface area contributed by atoms with Crippen LogP contribution in [-0.4, -0.2) is 57.4 Å². The van der Waals surface area contributed by atoms with Gasteiger partial charge in [-0.15, -0.1) is 0 Å². The molecule has 9 heteroatoms. The first-order valence-corrected chi connectivity index (χ1v) is 9.88. The molecule has 0 N–H and O–H groups in total. The molecule has 2 aliphatic rings. The minimum atomic E-state index is -3.68. The summed E-state index contributed by atoms with van der Waals surface area (Å²) >= 11 is 0. The molecule has 0 amide bonds. The Morgan fingerprint density at radius 1 is 1.15 bits per heavy atom. The average Bonchev–Trinajstić information content (AvgIpc) is 2.65. The van der Waals surface area contributed by atoms with Crippen molar-refractivity contribution in [3.8, 4) is 11.5 Å². The van der Waals surface area contributed by atoms with Gasteiger partial charge in [-0.3, -0.25) is 9.59 Å². The molecule has 0 aromatic heterocycles. The van der Waals surface area contributed by atoms with Crippen molar-refractivity contribution in [3.05, 3.63) is 18.2 Å². The van der Waals surface area contributed by atoms with E-state index in [1.807, 2.05) is 0 Å². The number of ether oxygens (including phenoxy) is 3. The highest BCUT2D eigenvalue weighted by atomic mass is 32.2. The van der Waals surface area contributed by atoms with Crippen molar-refractivity contribution in [1.29, 1.82) is 0 Å². The smallest absolute Gasteiger partial charge is 0.309 e. The SMILES string of the molecule is CC(=O)COC(=O)C1CCN(S(=O)(=O)c2ccc3c(c2)OCCO3)CC1. The Hall–Kier alpha value is -2.13. The lowest BCUT2D eigenvalue weighted by Gasteiger charge is -2.30. The minimum Gasteiger partial charge on any atom is -0.486 e. The van der Waals surface area contributed by atoms with E-state index in [2.05, 4.69) is 0 Å². The van der Waals surface area contributed by atoms with Crippen LogP contribution in [0.1, 0.15) is 19.8 Å². The van der Waals surface area contributed by atoms with Crippen LogP contribution in [0.25, 0.3) is 0 Å². The number of nitrogens with zero attached hydrogens (tertiary/aromatic N) is 1. The number of carbonyl (C=O) groups is 2. The molecular formula is C17H21NO7S. The van der Waals surface area contributed by atoms with Crippen LogP contribution in [0, 0.1) is 5.92 Å². The molecular weight excluding hydrogens is 362 g/mol. The van der Waals surface area contributed by atoms with Gasteiger partial charge in [0.1, 0.15) is 19.8 Å². The van der Waals surface area contributed by atoms with Gasteiger partial charge < -0.3 is 14.2 Å². The highest BCUT2D eigenvalue weighted by molar-refractivity contribution is 7.89. The molecule has 1 fully saturated rings. The lowest BCUT2D eigenvalue weighted by molar-refractivity contribution is -0.152. The first kappa shape index (κ1) is 18.7. The Labute approximate surface area is 152 Å². The van der Waals surface area contributed by atoms with Crippen molar-refractivity contribution < 1.29 is 32.2 Å². The van der Waals surface area contributed by atoms with Crippen molar-refractivity contribution in [3.63, 3.8) is 0 Å². The van der Waals surface area contributed by atoms with Crippen LogP contribution in [-0.2, 0) is 24.3 Å². The summed E-state index contributed by atoms with van der Waals surface area (Å²) < 4.78 is 42.8. The molecule has 0 unspecified atom stereocenters. The topological polar surface area (TPSA) is 99.2 Å². The second-order valence-corrected chi connectivity index (χ2v) is 8.23. The van der Waals surface area contributed by atoms with Crippen LogP contribution in [0.3, 0.4) is 0 Å². The first-order chi connectivity index (χ1) is 12.4. The lowest BCUT2D eigenvalue weighted by Crippen LogP contribution is -2.40. The van der Waals surface area contributed by atoms with Crippen molar-refractivity contribution in [1.82, 2.24) is 4.31 Å². The average molecular weight is 383 g/mol.